The molecule has 18 heavy (non-hydrogen) atoms. The highest BCUT2D eigenvalue weighted by Crippen LogP contribution is 2.20. The van der Waals surface area contributed by atoms with E-state index in [1.807, 2.05) is 0 Å². The molecule has 0 aromatic carbocycles. The Morgan fingerprint density at radius 3 is 2.83 bits per heavy atom. The first-order chi connectivity index (χ1) is 8.50. The first-order valence-corrected chi connectivity index (χ1v) is 7.38. The number of thiocarbonyl (C=S) groups is 1. The molecule has 1 aromatic heterocycles. The highest BCUT2D eigenvalue weighted by Gasteiger charge is 2.28. The molecule has 0 unspecified atom stereocenters. The number of sulfonamides is 1. The zero-order valence-electron chi connectivity index (χ0n) is 9.55. The maximum Gasteiger partial charge on any atom is 0.236 e. The molecule has 4 N–H and O–H groups in total. The van der Waals surface area contributed by atoms with Crippen LogP contribution < -0.4 is 10.5 Å². The van der Waals surface area contributed by atoms with Crippen LogP contribution in [0.3, 0.4) is 0 Å². The second-order valence-corrected chi connectivity index (χ2v) is 6.38. The highest BCUT2D eigenvalue weighted by molar-refractivity contribution is 7.93. The van der Waals surface area contributed by atoms with Crippen LogP contribution in [-0.2, 0) is 14.8 Å². The van der Waals surface area contributed by atoms with E-state index in [-0.39, 0.29) is 10.8 Å². The van der Waals surface area contributed by atoms with Crippen LogP contribution in [0.5, 0.6) is 0 Å². The molecule has 2 rings (SSSR count). The average molecular weight is 290 g/mol. The van der Waals surface area contributed by atoms with Crippen molar-refractivity contribution < 1.29 is 13.2 Å². The van der Waals surface area contributed by atoms with Crippen LogP contribution in [0.2, 0.25) is 0 Å². The van der Waals surface area contributed by atoms with Gasteiger partial charge in [0.1, 0.15) is 10.8 Å². The fraction of sp³-hybridized carbons (Fsp3) is 0.556. The van der Waals surface area contributed by atoms with Crippen molar-refractivity contribution >= 4 is 33.0 Å². The van der Waals surface area contributed by atoms with E-state index < -0.39 is 15.3 Å². The minimum Gasteiger partial charge on any atom is -0.389 e. The van der Waals surface area contributed by atoms with Crippen molar-refractivity contribution in [2.75, 3.05) is 17.9 Å². The SMILES string of the molecule is NC(=S)c1cn[nH]c1NS(=O)(=O)C1CCOCC1. The molecule has 1 aromatic rings. The van der Waals surface area contributed by atoms with Crippen molar-refractivity contribution in [3.05, 3.63) is 11.8 Å². The molecule has 0 bridgehead atoms. The summed E-state index contributed by atoms with van der Waals surface area (Å²) in [6.45, 7) is 0.910. The first kappa shape index (κ1) is 13.2. The Morgan fingerprint density at radius 2 is 2.22 bits per heavy atom. The van der Waals surface area contributed by atoms with Crippen molar-refractivity contribution in [1.82, 2.24) is 10.2 Å². The molecule has 0 atom stereocenters. The lowest BCUT2D eigenvalue weighted by Gasteiger charge is -2.22. The van der Waals surface area contributed by atoms with Gasteiger partial charge in [0, 0.05) is 13.2 Å². The average Bonchev–Trinajstić information content (AvgIpc) is 2.78. The van der Waals surface area contributed by atoms with Gasteiger partial charge in [-0.25, -0.2) is 8.42 Å². The number of aromatic amines is 1. The summed E-state index contributed by atoms with van der Waals surface area (Å²) >= 11 is 4.81. The molecule has 0 saturated carbocycles. The second kappa shape index (κ2) is 5.21. The third kappa shape index (κ3) is 2.79. The predicted octanol–water partition coefficient (Wildman–Crippen LogP) is -0.0354. The summed E-state index contributed by atoms with van der Waals surface area (Å²) in [6, 6.07) is 0. The maximum absolute atomic E-state index is 12.1. The number of rotatable bonds is 4. The van der Waals surface area contributed by atoms with Crippen LogP contribution in [0.15, 0.2) is 6.20 Å². The standard InChI is InChI=1S/C9H14N4O3S2/c10-8(17)7-5-11-12-9(7)13-18(14,15)6-1-3-16-4-2-6/h5-6H,1-4H2,(H2,10,17)(H2,11,12,13). The van der Waals surface area contributed by atoms with Gasteiger partial charge in [0.25, 0.3) is 0 Å². The third-order valence-corrected chi connectivity index (χ3v) is 4.81. The normalized spacial score (nSPS) is 17.6. The van der Waals surface area contributed by atoms with Crippen molar-refractivity contribution in [3.8, 4) is 0 Å². The third-order valence-electron chi connectivity index (χ3n) is 2.76. The summed E-state index contributed by atoms with van der Waals surface area (Å²) in [5.41, 5.74) is 5.86. The van der Waals surface area contributed by atoms with Gasteiger partial charge in [0.2, 0.25) is 10.0 Å². The Morgan fingerprint density at radius 1 is 1.56 bits per heavy atom. The molecular weight excluding hydrogens is 276 g/mol. The van der Waals surface area contributed by atoms with Gasteiger partial charge in [-0.05, 0) is 12.8 Å². The number of anilines is 1. The molecule has 0 amide bonds. The largest absolute Gasteiger partial charge is 0.389 e. The molecule has 2 heterocycles. The molecule has 1 fully saturated rings. The van der Waals surface area contributed by atoms with Crippen LogP contribution in [0.1, 0.15) is 18.4 Å². The van der Waals surface area contributed by atoms with Crippen molar-refractivity contribution in [2.24, 2.45) is 5.73 Å². The number of H-pyrrole nitrogens is 1. The minimum absolute atomic E-state index is 0.0911. The van der Waals surface area contributed by atoms with Crippen LogP contribution in [0, 0.1) is 0 Å². The van der Waals surface area contributed by atoms with Gasteiger partial charge in [-0.15, -0.1) is 0 Å². The summed E-state index contributed by atoms with van der Waals surface area (Å²) < 4.78 is 31.8. The van der Waals surface area contributed by atoms with Crippen LogP contribution in [-0.4, -0.2) is 42.1 Å². The van der Waals surface area contributed by atoms with Crippen molar-refractivity contribution in [3.63, 3.8) is 0 Å². The van der Waals surface area contributed by atoms with E-state index in [4.69, 9.17) is 22.7 Å². The van der Waals surface area contributed by atoms with Gasteiger partial charge in [0.15, 0.2) is 0 Å². The van der Waals surface area contributed by atoms with E-state index in [0.717, 1.165) is 0 Å². The summed E-state index contributed by atoms with van der Waals surface area (Å²) in [5.74, 6) is 0.217. The predicted molar refractivity (Wildman–Crippen MR) is 70.9 cm³/mol. The Kier molecular flexibility index (Phi) is 3.83. The number of nitrogens with two attached hydrogens (primary N) is 1. The van der Waals surface area contributed by atoms with Gasteiger partial charge in [0.05, 0.1) is 17.0 Å². The van der Waals surface area contributed by atoms with E-state index in [2.05, 4.69) is 14.9 Å². The smallest absolute Gasteiger partial charge is 0.236 e. The number of hydrogen-bond donors (Lipinski definition) is 3. The van der Waals surface area contributed by atoms with Crippen LogP contribution >= 0.6 is 12.2 Å². The Labute approximate surface area is 110 Å². The number of aromatic nitrogens is 2. The zero-order valence-corrected chi connectivity index (χ0v) is 11.2. The molecule has 1 aliphatic heterocycles. The molecule has 100 valence electrons. The lowest BCUT2D eigenvalue weighted by atomic mass is 10.2. The van der Waals surface area contributed by atoms with Gasteiger partial charge in [-0.2, -0.15) is 5.10 Å². The maximum atomic E-state index is 12.1. The highest BCUT2D eigenvalue weighted by atomic mass is 32.2. The Bertz CT molecular complexity index is 534. The lowest BCUT2D eigenvalue weighted by Crippen LogP contribution is -2.33. The van der Waals surface area contributed by atoms with Crippen molar-refractivity contribution in [2.45, 2.75) is 18.1 Å². The van der Waals surface area contributed by atoms with E-state index in [9.17, 15) is 8.42 Å². The number of nitrogens with one attached hydrogen (secondary N) is 2. The van der Waals surface area contributed by atoms with Crippen molar-refractivity contribution in [1.29, 1.82) is 0 Å². The van der Waals surface area contributed by atoms with Gasteiger partial charge in [-0.3, -0.25) is 9.82 Å². The molecule has 1 saturated heterocycles. The second-order valence-electron chi connectivity index (χ2n) is 3.98. The summed E-state index contributed by atoms with van der Waals surface area (Å²) in [6.07, 6.45) is 2.35. The summed E-state index contributed by atoms with van der Waals surface area (Å²) in [7, 11) is -3.48. The molecule has 0 aliphatic carbocycles. The molecule has 0 radical (unpaired) electrons. The van der Waals surface area contributed by atoms with Crippen LogP contribution in [0.4, 0.5) is 5.82 Å². The number of hydrogen-bond acceptors (Lipinski definition) is 5. The van der Waals surface area contributed by atoms with Gasteiger partial charge >= 0.3 is 0 Å². The molecule has 0 spiro atoms. The number of ether oxygens (including phenoxy) is 1. The minimum atomic E-state index is -3.48. The van der Waals surface area contributed by atoms with Gasteiger partial charge in [-0.1, -0.05) is 12.2 Å². The molecule has 7 nitrogen and oxygen atoms in total. The topological polar surface area (TPSA) is 110 Å². The monoisotopic (exact) mass is 290 g/mol. The fourth-order valence-corrected chi connectivity index (χ4v) is 3.34. The van der Waals surface area contributed by atoms with E-state index >= 15 is 0 Å². The summed E-state index contributed by atoms with van der Waals surface area (Å²) in [4.78, 5) is 0.0911. The lowest BCUT2D eigenvalue weighted by molar-refractivity contribution is 0.0984. The van der Waals surface area contributed by atoms with E-state index in [1.54, 1.807) is 0 Å². The summed E-state index contributed by atoms with van der Waals surface area (Å²) in [5, 5.41) is 5.81. The quantitative estimate of drug-likeness (QED) is 0.671. The molecular formula is C9H14N4O3S2. The van der Waals surface area contributed by atoms with Crippen LogP contribution in [0.25, 0.3) is 0 Å². The fourth-order valence-electron chi connectivity index (χ4n) is 1.76. The molecule has 9 heteroatoms. The Hall–Kier alpha value is -1.19. The first-order valence-electron chi connectivity index (χ1n) is 5.43. The van der Waals surface area contributed by atoms with E-state index in [1.165, 1.54) is 6.20 Å². The molecule has 1 aliphatic rings. The van der Waals surface area contributed by atoms with Gasteiger partial charge < -0.3 is 10.5 Å². The zero-order chi connectivity index (χ0) is 13.2. The number of nitrogens with zero attached hydrogens (tertiary/aromatic N) is 1. The Balaban J connectivity index is 2.16. The van der Waals surface area contributed by atoms with E-state index in [0.29, 0.717) is 31.6 Å².